The number of rotatable bonds is 4. The maximum absolute atomic E-state index is 13.3. The molecule has 1 amide bonds. The van der Waals surface area contributed by atoms with Gasteiger partial charge in [-0.25, -0.2) is 4.39 Å². The molecule has 118 valence electrons. The molecule has 5 heteroatoms. The minimum absolute atomic E-state index is 0.195. The predicted octanol–water partition coefficient (Wildman–Crippen LogP) is 3.26. The summed E-state index contributed by atoms with van der Waals surface area (Å²) in [5.74, 6) is 0.264. The number of carbonyl (C=O) groups excluding carboxylic acids is 1. The van der Waals surface area contributed by atoms with Gasteiger partial charge in [0.25, 0.3) is 5.91 Å². The van der Waals surface area contributed by atoms with Crippen molar-refractivity contribution in [2.75, 3.05) is 7.11 Å². The number of aromatic nitrogens is 1. The number of carbonyl (C=O) groups is 1. The number of halogens is 1. The molecule has 0 fully saturated rings. The normalized spacial score (nSPS) is 10.7. The van der Waals surface area contributed by atoms with Crippen molar-refractivity contribution in [3.63, 3.8) is 0 Å². The summed E-state index contributed by atoms with van der Waals surface area (Å²) in [5, 5.41) is 3.71. The van der Waals surface area contributed by atoms with Crippen molar-refractivity contribution in [3.05, 3.63) is 65.6 Å². The molecule has 0 unspecified atom stereocenters. The Hall–Kier alpha value is -2.82. The Morgan fingerprint density at radius 1 is 1.17 bits per heavy atom. The van der Waals surface area contributed by atoms with E-state index in [0.29, 0.717) is 17.8 Å². The Labute approximate surface area is 133 Å². The van der Waals surface area contributed by atoms with Gasteiger partial charge in [-0.05, 0) is 42.0 Å². The van der Waals surface area contributed by atoms with Gasteiger partial charge >= 0.3 is 0 Å². The van der Waals surface area contributed by atoms with Crippen LogP contribution in [0, 0.1) is 5.82 Å². The first-order valence-corrected chi connectivity index (χ1v) is 7.24. The molecular formula is C18H17FN2O2. The Bertz CT molecular complexity index is 853. The molecule has 2 aromatic carbocycles. The fourth-order valence-electron chi connectivity index (χ4n) is 2.54. The summed E-state index contributed by atoms with van der Waals surface area (Å²) in [6.07, 6.45) is 0. The summed E-state index contributed by atoms with van der Waals surface area (Å²) >= 11 is 0. The maximum atomic E-state index is 13.3. The SMILES string of the molecule is COc1ccc(CNC(=O)c2cc3ccc(F)cc3n2C)cc1. The first kappa shape index (κ1) is 15.1. The van der Waals surface area contributed by atoms with Crippen LogP contribution in [0.5, 0.6) is 5.75 Å². The highest BCUT2D eigenvalue weighted by Gasteiger charge is 2.13. The number of nitrogens with one attached hydrogen (secondary N) is 1. The van der Waals surface area contributed by atoms with E-state index in [4.69, 9.17) is 4.74 Å². The van der Waals surface area contributed by atoms with E-state index in [9.17, 15) is 9.18 Å². The molecule has 3 rings (SSSR count). The first-order valence-electron chi connectivity index (χ1n) is 7.24. The zero-order valence-electron chi connectivity index (χ0n) is 13.0. The molecule has 3 aromatic rings. The van der Waals surface area contributed by atoms with E-state index in [1.54, 1.807) is 30.9 Å². The number of nitrogens with zero attached hydrogens (tertiary/aromatic N) is 1. The lowest BCUT2D eigenvalue weighted by Crippen LogP contribution is -2.24. The van der Waals surface area contributed by atoms with Crippen molar-refractivity contribution in [1.29, 1.82) is 0 Å². The van der Waals surface area contributed by atoms with Gasteiger partial charge in [-0.15, -0.1) is 0 Å². The van der Waals surface area contributed by atoms with Gasteiger partial charge in [0.2, 0.25) is 0 Å². The van der Waals surface area contributed by atoms with Crippen molar-refractivity contribution in [2.45, 2.75) is 6.54 Å². The summed E-state index contributed by atoms with van der Waals surface area (Å²) in [7, 11) is 3.36. The fraction of sp³-hybridized carbons (Fsp3) is 0.167. The number of methoxy groups -OCH3 is 1. The van der Waals surface area contributed by atoms with E-state index in [0.717, 1.165) is 16.7 Å². The third kappa shape index (κ3) is 3.04. The van der Waals surface area contributed by atoms with Crippen LogP contribution >= 0.6 is 0 Å². The summed E-state index contributed by atoms with van der Waals surface area (Å²) < 4.78 is 20.1. The average molecular weight is 312 g/mol. The first-order chi connectivity index (χ1) is 11.1. The number of fused-ring (bicyclic) bond motifs is 1. The lowest BCUT2D eigenvalue weighted by molar-refractivity contribution is 0.0943. The van der Waals surface area contributed by atoms with Gasteiger partial charge in [-0.2, -0.15) is 0 Å². The summed E-state index contributed by atoms with van der Waals surface area (Å²) in [6.45, 7) is 0.415. The quantitative estimate of drug-likeness (QED) is 0.803. The highest BCUT2D eigenvalue weighted by molar-refractivity contribution is 5.98. The smallest absolute Gasteiger partial charge is 0.268 e. The van der Waals surface area contributed by atoms with Crippen LogP contribution in [0.3, 0.4) is 0 Å². The van der Waals surface area contributed by atoms with Crippen LogP contribution in [0.25, 0.3) is 10.9 Å². The van der Waals surface area contributed by atoms with Crippen molar-refractivity contribution < 1.29 is 13.9 Å². The van der Waals surface area contributed by atoms with Gasteiger partial charge in [0, 0.05) is 19.0 Å². The van der Waals surface area contributed by atoms with Crippen molar-refractivity contribution in [2.24, 2.45) is 7.05 Å². The van der Waals surface area contributed by atoms with Gasteiger partial charge in [0.05, 0.1) is 12.6 Å². The van der Waals surface area contributed by atoms with Crippen molar-refractivity contribution >= 4 is 16.8 Å². The molecule has 0 aliphatic carbocycles. The van der Waals surface area contributed by atoms with E-state index >= 15 is 0 Å². The lowest BCUT2D eigenvalue weighted by Gasteiger charge is -2.07. The lowest BCUT2D eigenvalue weighted by atomic mass is 10.2. The maximum Gasteiger partial charge on any atom is 0.268 e. The minimum atomic E-state index is -0.316. The topological polar surface area (TPSA) is 43.3 Å². The largest absolute Gasteiger partial charge is 0.497 e. The molecular weight excluding hydrogens is 295 g/mol. The highest BCUT2D eigenvalue weighted by atomic mass is 19.1. The second-order valence-electron chi connectivity index (χ2n) is 5.32. The van der Waals surface area contributed by atoms with Crippen molar-refractivity contribution in [3.8, 4) is 5.75 Å². The predicted molar refractivity (Wildman–Crippen MR) is 87.0 cm³/mol. The van der Waals surface area contributed by atoms with Gasteiger partial charge in [0.15, 0.2) is 0 Å². The molecule has 0 aliphatic heterocycles. The molecule has 0 aliphatic rings. The molecule has 4 nitrogen and oxygen atoms in total. The Morgan fingerprint density at radius 3 is 2.61 bits per heavy atom. The highest BCUT2D eigenvalue weighted by Crippen LogP contribution is 2.20. The fourth-order valence-corrected chi connectivity index (χ4v) is 2.54. The number of hydrogen-bond donors (Lipinski definition) is 1. The monoisotopic (exact) mass is 312 g/mol. The van der Waals surface area contributed by atoms with Gasteiger partial charge < -0.3 is 14.6 Å². The van der Waals surface area contributed by atoms with Gasteiger partial charge in [-0.1, -0.05) is 12.1 Å². The van der Waals surface area contributed by atoms with E-state index in [-0.39, 0.29) is 11.7 Å². The third-order valence-electron chi connectivity index (χ3n) is 3.85. The zero-order chi connectivity index (χ0) is 16.4. The number of amides is 1. The molecule has 23 heavy (non-hydrogen) atoms. The zero-order valence-corrected chi connectivity index (χ0v) is 13.0. The molecule has 0 atom stereocenters. The second-order valence-corrected chi connectivity index (χ2v) is 5.32. The molecule has 0 bridgehead atoms. The molecule has 0 spiro atoms. The van der Waals surface area contributed by atoms with Crippen LogP contribution in [0.15, 0.2) is 48.5 Å². The molecule has 0 radical (unpaired) electrons. The minimum Gasteiger partial charge on any atom is -0.497 e. The van der Waals surface area contributed by atoms with Crippen LogP contribution in [0.1, 0.15) is 16.1 Å². The molecule has 0 saturated carbocycles. The van der Waals surface area contributed by atoms with Crippen LogP contribution in [-0.4, -0.2) is 17.6 Å². The van der Waals surface area contributed by atoms with Crippen LogP contribution in [-0.2, 0) is 13.6 Å². The standard InChI is InChI=1S/C18H17FN2O2/c1-21-16-10-14(19)6-5-13(16)9-17(21)18(22)20-11-12-3-7-15(23-2)8-4-12/h3-10H,11H2,1-2H3,(H,20,22). The summed E-state index contributed by atoms with van der Waals surface area (Å²) in [4.78, 5) is 12.4. The van der Waals surface area contributed by atoms with Gasteiger partial charge in [-0.3, -0.25) is 4.79 Å². The van der Waals surface area contributed by atoms with Gasteiger partial charge in [0.1, 0.15) is 17.3 Å². The van der Waals surface area contributed by atoms with E-state index < -0.39 is 0 Å². The molecule has 1 N–H and O–H groups in total. The van der Waals surface area contributed by atoms with E-state index in [2.05, 4.69) is 5.32 Å². The van der Waals surface area contributed by atoms with E-state index in [1.807, 2.05) is 24.3 Å². The van der Waals surface area contributed by atoms with Crippen molar-refractivity contribution in [1.82, 2.24) is 9.88 Å². The molecule has 1 heterocycles. The number of benzene rings is 2. The van der Waals surface area contributed by atoms with Crippen LogP contribution in [0.4, 0.5) is 4.39 Å². The summed E-state index contributed by atoms with van der Waals surface area (Å²) in [5.41, 5.74) is 2.17. The van der Waals surface area contributed by atoms with E-state index in [1.165, 1.54) is 12.1 Å². The Kier molecular flexibility index (Phi) is 4.02. The third-order valence-corrected chi connectivity index (χ3v) is 3.85. The Balaban J connectivity index is 1.76. The molecule has 0 saturated heterocycles. The van der Waals surface area contributed by atoms with Crippen LogP contribution in [0.2, 0.25) is 0 Å². The molecule has 1 aromatic heterocycles. The Morgan fingerprint density at radius 2 is 1.91 bits per heavy atom. The number of hydrogen-bond acceptors (Lipinski definition) is 2. The average Bonchev–Trinajstić information content (AvgIpc) is 2.90. The van der Waals surface area contributed by atoms with Crippen LogP contribution < -0.4 is 10.1 Å². The second kappa shape index (κ2) is 6.12. The number of ether oxygens (including phenoxy) is 1. The summed E-state index contributed by atoms with van der Waals surface area (Å²) in [6, 6.07) is 13.7. The number of aryl methyl sites for hydroxylation is 1.